The Morgan fingerprint density at radius 1 is 1.57 bits per heavy atom. The van der Waals surface area contributed by atoms with Gasteiger partial charge >= 0.3 is 5.97 Å². The fraction of sp³-hybridized carbons (Fsp3) is 0.875. The van der Waals surface area contributed by atoms with Crippen molar-refractivity contribution in [1.82, 2.24) is 5.32 Å². The number of azide groups is 1. The number of aliphatic carboxylic acids is 1. The Hall–Kier alpha value is -1.26. The minimum Gasteiger partial charge on any atom is -0.480 e. The number of carboxylic acids is 1. The molecule has 6 heteroatoms. The summed E-state index contributed by atoms with van der Waals surface area (Å²) in [6.45, 7) is 0.724. The molecule has 0 heterocycles. The number of carbonyl (C=O) groups is 1. The molecule has 0 unspecified atom stereocenters. The van der Waals surface area contributed by atoms with E-state index in [2.05, 4.69) is 15.3 Å². The molecular weight excluding hydrogens is 184 g/mol. The predicted octanol–water partition coefficient (Wildman–Crippen LogP) is 1.28. The Morgan fingerprint density at radius 2 is 2.21 bits per heavy atom. The van der Waals surface area contributed by atoms with Crippen molar-refractivity contribution in [3.63, 3.8) is 0 Å². The lowest BCUT2D eigenvalue weighted by atomic mass is 9.98. The summed E-state index contributed by atoms with van der Waals surface area (Å²) in [5.74, 6) is -0.795. The highest BCUT2D eigenvalue weighted by Crippen LogP contribution is 2.29. The summed E-state index contributed by atoms with van der Waals surface area (Å²) in [5.41, 5.74) is 7.27. The first-order valence-corrected chi connectivity index (χ1v) is 4.70. The smallest absolute Gasteiger partial charge is 0.323 e. The zero-order chi connectivity index (χ0) is 10.4. The van der Waals surface area contributed by atoms with Crippen molar-refractivity contribution in [2.75, 3.05) is 13.1 Å². The molecular formula is C8H14N4O2. The average Bonchev–Trinajstić information content (AvgIpc) is 2.62. The van der Waals surface area contributed by atoms with E-state index < -0.39 is 11.5 Å². The van der Waals surface area contributed by atoms with Gasteiger partial charge in [-0.05, 0) is 18.4 Å². The molecule has 1 rings (SSSR count). The maximum absolute atomic E-state index is 11.0. The fourth-order valence-electron chi connectivity index (χ4n) is 1.83. The van der Waals surface area contributed by atoms with Gasteiger partial charge in [0.05, 0.1) is 0 Å². The molecule has 1 fully saturated rings. The van der Waals surface area contributed by atoms with Gasteiger partial charge in [0.1, 0.15) is 5.54 Å². The van der Waals surface area contributed by atoms with Crippen molar-refractivity contribution in [3.8, 4) is 0 Å². The van der Waals surface area contributed by atoms with Crippen LogP contribution >= 0.6 is 0 Å². The minimum atomic E-state index is -0.795. The lowest BCUT2D eigenvalue weighted by Crippen LogP contribution is -2.50. The third kappa shape index (κ3) is 2.37. The highest BCUT2D eigenvalue weighted by atomic mass is 16.4. The molecule has 2 N–H and O–H groups in total. The van der Waals surface area contributed by atoms with Crippen LogP contribution in [0.15, 0.2) is 5.11 Å². The fourth-order valence-corrected chi connectivity index (χ4v) is 1.83. The highest BCUT2D eigenvalue weighted by Gasteiger charge is 2.40. The monoisotopic (exact) mass is 198 g/mol. The lowest BCUT2D eigenvalue weighted by molar-refractivity contribution is -0.144. The second kappa shape index (κ2) is 4.83. The first-order chi connectivity index (χ1) is 6.71. The van der Waals surface area contributed by atoms with Gasteiger partial charge in [-0.1, -0.05) is 18.0 Å². The minimum absolute atomic E-state index is 0.297. The predicted molar refractivity (Wildman–Crippen MR) is 50.9 cm³/mol. The molecule has 0 aromatic carbocycles. The van der Waals surface area contributed by atoms with Gasteiger partial charge in [-0.25, -0.2) is 0 Å². The summed E-state index contributed by atoms with van der Waals surface area (Å²) >= 11 is 0. The summed E-state index contributed by atoms with van der Waals surface area (Å²) in [7, 11) is 0. The molecule has 0 bridgehead atoms. The summed E-state index contributed by atoms with van der Waals surface area (Å²) < 4.78 is 0. The second-order valence-corrected chi connectivity index (χ2v) is 3.48. The SMILES string of the molecule is [N-]=[N+]=NCCNC1(C(=O)O)CCCC1. The maximum atomic E-state index is 11.0. The van der Waals surface area contributed by atoms with Gasteiger partial charge in [0.25, 0.3) is 0 Å². The van der Waals surface area contributed by atoms with E-state index in [4.69, 9.17) is 10.6 Å². The van der Waals surface area contributed by atoms with Crippen LogP contribution in [0.2, 0.25) is 0 Å². The molecule has 1 aliphatic carbocycles. The van der Waals surface area contributed by atoms with Gasteiger partial charge in [0.15, 0.2) is 0 Å². The van der Waals surface area contributed by atoms with Gasteiger partial charge in [0, 0.05) is 18.0 Å². The van der Waals surface area contributed by atoms with Crippen molar-refractivity contribution < 1.29 is 9.90 Å². The molecule has 0 spiro atoms. The topological polar surface area (TPSA) is 98.1 Å². The first-order valence-electron chi connectivity index (χ1n) is 4.70. The zero-order valence-electron chi connectivity index (χ0n) is 7.94. The molecule has 0 radical (unpaired) electrons. The first kappa shape index (κ1) is 10.8. The Labute approximate surface area is 81.9 Å². The van der Waals surface area contributed by atoms with Crippen molar-refractivity contribution in [2.45, 2.75) is 31.2 Å². The Bertz CT molecular complexity index is 254. The Kier molecular flexibility index (Phi) is 3.73. The summed E-state index contributed by atoms with van der Waals surface area (Å²) in [5, 5.41) is 15.4. The van der Waals surface area contributed by atoms with Crippen LogP contribution in [0.4, 0.5) is 0 Å². The quantitative estimate of drug-likeness (QED) is 0.301. The molecule has 6 nitrogen and oxygen atoms in total. The van der Waals surface area contributed by atoms with Gasteiger partial charge in [-0.3, -0.25) is 4.79 Å². The average molecular weight is 198 g/mol. The van der Waals surface area contributed by atoms with E-state index in [0.717, 1.165) is 12.8 Å². The van der Waals surface area contributed by atoms with E-state index in [0.29, 0.717) is 25.9 Å². The van der Waals surface area contributed by atoms with Crippen molar-refractivity contribution in [1.29, 1.82) is 0 Å². The third-order valence-corrected chi connectivity index (χ3v) is 2.60. The van der Waals surface area contributed by atoms with Crippen molar-refractivity contribution in [3.05, 3.63) is 10.4 Å². The number of rotatable bonds is 5. The number of hydrogen-bond donors (Lipinski definition) is 2. The van der Waals surface area contributed by atoms with E-state index in [1.54, 1.807) is 0 Å². The third-order valence-electron chi connectivity index (χ3n) is 2.60. The molecule has 78 valence electrons. The largest absolute Gasteiger partial charge is 0.480 e. The van der Waals surface area contributed by atoms with E-state index in [-0.39, 0.29) is 0 Å². The highest BCUT2D eigenvalue weighted by molar-refractivity contribution is 5.79. The molecule has 14 heavy (non-hydrogen) atoms. The Balaban J connectivity index is 2.44. The van der Waals surface area contributed by atoms with Crippen LogP contribution in [0.1, 0.15) is 25.7 Å². The Morgan fingerprint density at radius 3 is 2.71 bits per heavy atom. The molecule has 1 aliphatic rings. The molecule has 1 saturated carbocycles. The van der Waals surface area contributed by atoms with Crippen LogP contribution in [0, 0.1) is 0 Å². The van der Waals surface area contributed by atoms with E-state index >= 15 is 0 Å². The van der Waals surface area contributed by atoms with Crippen LogP contribution in [0.3, 0.4) is 0 Å². The van der Waals surface area contributed by atoms with Crippen LogP contribution in [-0.2, 0) is 4.79 Å². The zero-order valence-corrected chi connectivity index (χ0v) is 7.94. The van der Waals surface area contributed by atoms with Gasteiger partial charge in [0.2, 0.25) is 0 Å². The van der Waals surface area contributed by atoms with Gasteiger partial charge in [-0.15, -0.1) is 0 Å². The van der Waals surface area contributed by atoms with E-state index in [1.807, 2.05) is 0 Å². The number of hydrogen-bond acceptors (Lipinski definition) is 3. The van der Waals surface area contributed by atoms with Gasteiger partial charge < -0.3 is 10.4 Å². The van der Waals surface area contributed by atoms with E-state index in [1.165, 1.54) is 0 Å². The molecule has 0 aliphatic heterocycles. The lowest BCUT2D eigenvalue weighted by Gasteiger charge is -2.24. The molecule has 0 atom stereocenters. The van der Waals surface area contributed by atoms with Crippen LogP contribution in [0.5, 0.6) is 0 Å². The van der Waals surface area contributed by atoms with Crippen LogP contribution < -0.4 is 5.32 Å². The molecule has 0 saturated heterocycles. The number of nitrogens with one attached hydrogen (secondary N) is 1. The summed E-state index contributed by atoms with van der Waals surface area (Å²) in [6.07, 6.45) is 3.22. The summed E-state index contributed by atoms with van der Waals surface area (Å²) in [6, 6.07) is 0. The molecule has 0 amide bonds. The van der Waals surface area contributed by atoms with E-state index in [9.17, 15) is 4.79 Å². The summed E-state index contributed by atoms with van der Waals surface area (Å²) in [4.78, 5) is 13.6. The molecule has 0 aromatic rings. The van der Waals surface area contributed by atoms with Gasteiger partial charge in [-0.2, -0.15) is 0 Å². The second-order valence-electron chi connectivity index (χ2n) is 3.48. The van der Waals surface area contributed by atoms with Crippen molar-refractivity contribution in [2.24, 2.45) is 5.11 Å². The maximum Gasteiger partial charge on any atom is 0.323 e. The van der Waals surface area contributed by atoms with Crippen molar-refractivity contribution >= 4 is 5.97 Å². The van der Waals surface area contributed by atoms with Crippen LogP contribution in [-0.4, -0.2) is 29.7 Å². The molecule has 0 aromatic heterocycles. The standard InChI is InChI=1S/C8H14N4O2/c9-12-11-6-5-10-8(7(13)14)3-1-2-4-8/h10H,1-6H2,(H,13,14). The van der Waals surface area contributed by atoms with Crippen LogP contribution in [0.25, 0.3) is 10.4 Å². The number of nitrogens with zero attached hydrogens (tertiary/aromatic N) is 3. The number of carboxylic acid groups (broad SMARTS) is 1. The normalized spacial score (nSPS) is 18.9.